The van der Waals surface area contributed by atoms with Gasteiger partial charge in [0.2, 0.25) is 0 Å². The van der Waals surface area contributed by atoms with Crippen LogP contribution in [0.15, 0.2) is 0 Å². The molecule has 0 saturated heterocycles. The first-order chi connectivity index (χ1) is 2.00. The first kappa shape index (κ1) is 35.8. The fourth-order valence-corrected chi connectivity index (χ4v) is 0. The summed E-state index contributed by atoms with van der Waals surface area (Å²) in [5.41, 5.74) is 0. The molecule has 0 atom stereocenters. The van der Waals surface area contributed by atoms with Gasteiger partial charge in [0.15, 0.2) is 0 Å². The number of hydrogen-bond acceptors (Lipinski definition) is 4. The van der Waals surface area contributed by atoms with Crippen molar-refractivity contribution in [3.8, 4) is 0 Å². The number of quaternary nitrogens is 3. The Morgan fingerprint density at radius 2 is 0.889 bits per heavy atom. The van der Waals surface area contributed by atoms with Crippen LogP contribution in [0.2, 0.25) is 0 Å². The molecule has 0 aromatic carbocycles. The van der Waals surface area contributed by atoms with E-state index in [-0.39, 0.29) is 24.6 Å². The van der Waals surface area contributed by atoms with Gasteiger partial charge >= 0.3 is 31.1 Å². The van der Waals surface area contributed by atoms with Gasteiger partial charge in [0.1, 0.15) is 0 Å². The second kappa shape index (κ2) is 10.9. The molecule has 0 spiro atoms. The average molecular weight is 230 g/mol. The molecule has 0 aromatic rings. The summed E-state index contributed by atoms with van der Waals surface area (Å²) in [6.45, 7) is 0. The van der Waals surface area contributed by atoms with E-state index >= 15 is 0 Å². The first-order valence-electron chi connectivity index (χ1n) is 0.667. The molecular formula is H14MoN4O4. The van der Waals surface area contributed by atoms with Gasteiger partial charge in [-0.05, 0) is 0 Å². The van der Waals surface area contributed by atoms with Gasteiger partial charge in [-0.2, -0.15) is 0 Å². The molecule has 14 N–H and O–H groups in total. The summed E-state index contributed by atoms with van der Waals surface area (Å²) < 4.78 is 34.5. The van der Waals surface area contributed by atoms with E-state index < -0.39 is 16.7 Å². The van der Waals surface area contributed by atoms with E-state index in [1.807, 2.05) is 0 Å². The van der Waals surface area contributed by atoms with Crippen molar-refractivity contribution in [1.82, 2.24) is 18.5 Å². The summed E-state index contributed by atoms with van der Waals surface area (Å²) in [6, 6.07) is 0. The van der Waals surface area contributed by atoms with Crippen LogP contribution in [0.1, 0.15) is 0 Å². The van der Waals surface area contributed by atoms with Crippen molar-refractivity contribution in [3.05, 3.63) is 6.15 Å². The van der Waals surface area contributed by atoms with Crippen LogP contribution in [0.4, 0.5) is 0 Å². The molecule has 0 rings (SSSR count). The molecule has 0 unspecified atom stereocenters. The van der Waals surface area contributed by atoms with E-state index in [9.17, 15) is 0 Å². The van der Waals surface area contributed by atoms with Gasteiger partial charge in [0, 0.05) is 0 Å². The Morgan fingerprint density at radius 3 is 0.889 bits per heavy atom. The van der Waals surface area contributed by atoms with Gasteiger partial charge in [0.25, 0.3) is 0 Å². The van der Waals surface area contributed by atoms with Crippen molar-refractivity contribution in [1.29, 1.82) is 0 Å². The van der Waals surface area contributed by atoms with Crippen molar-refractivity contribution in [2.24, 2.45) is 0 Å². The maximum absolute atomic E-state index is 8.63. The maximum atomic E-state index is 8.63. The second-order valence-electron chi connectivity index (χ2n) is 0.408. The predicted octanol–water partition coefficient (Wildman–Crippen LogP) is -0.772. The van der Waals surface area contributed by atoms with Gasteiger partial charge in [-0.25, -0.2) is 0 Å². The fourth-order valence-electron chi connectivity index (χ4n) is 0. The Bertz CT molecular complexity index is 95.7. The van der Waals surface area contributed by atoms with Crippen LogP contribution >= 0.6 is 0 Å². The molecule has 0 radical (unpaired) electrons. The first-order valence-corrected chi connectivity index (χ1v) is 3.94. The summed E-state index contributed by atoms with van der Waals surface area (Å²) in [4.78, 5) is 0. The van der Waals surface area contributed by atoms with Gasteiger partial charge < -0.3 is 24.6 Å². The molecule has 9 heteroatoms. The standard InChI is InChI=1S/Mo.3H3N.H2N.4O/h;3*1H3;1H2;;;;/q;;;;-1;;;2*-1/p+3. The number of nitrogens with two attached hydrogens (primary N) is 1. The van der Waals surface area contributed by atoms with E-state index in [1.54, 1.807) is 0 Å². The minimum atomic E-state index is -6.02. The van der Waals surface area contributed by atoms with Crippen LogP contribution in [-0.4, -0.2) is 0 Å². The Labute approximate surface area is 56.3 Å². The van der Waals surface area contributed by atoms with Gasteiger partial charge in [-0.1, -0.05) is 0 Å². The molecule has 0 aliphatic rings. The Kier molecular flexibility index (Phi) is 43.4. The molecule has 0 amide bonds. The third-order valence-electron chi connectivity index (χ3n) is 0. The molecule has 8 nitrogen and oxygen atoms in total. The van der Waals surface area contributed by atoms with E-state index in [0.29, 0.717) is 0 Å². The van der Waals surface area contributed by atoms with Crippen molar-refractivity contribution >= 4 is 0 Å². The molecule has 0 bridgehead atoms. The fraction of sp³-hybridized carbons (Fsp3) is 0. The quantitative estimate of drug-likeness (QED) is 0.455. The molecule has 0 fully saturated rings. The zero-order valence-electron chi connectivity index (χ0n) is 5.62. The zero-order chi connectivity index (χ0) is 4.50. The number of hydrogen-bond donors (Lipinski definition) is 3. The average Bonchev–Trinajstić information content (AvgIpc) is 0.722. The van der Waals surface area contributed by atoms with Crippen molar-refractivity contribution < 1.29 is 31.1 Å². The van der Waals surface area contributed by atoms with Gasteiger partial charge in [0.05, 0.1) is 0 Å². The van der Waals surface area contributed by atoms with Crippen LogP contribution < -0.4 is 26.0 Å². The van der Waals surface area contributed by atoms with Crippen molar-refractivity contribution in [3.63, 3.8) is 0 Å². The minimum absolute atomic E-state index is 0. The molecule has 0 aliphatic carbocycles. The van der Waals surface area contributed by atoms with Gasteiger partial charge in [-0.3, -0.25) is 0 Å². The van der Waals surface area contributed by atoms with E-state index in [2.05, 4.69) is 0 Å². The van der Waals surface area contributed by atoms with Crippen LogP contribution in [0.5, 0.6) is 0 Å². The Hall–Kier alpha value is 0.0483. The summed E-state index contributed by atoms with van der Waals surface area (Å²) in [7, 11) is 0. The molecule has 0 saturated carbocycles. The topological polar surface area (TPSA) is 223 Å². The zero-order valence-corrected chi connectivity index (χ0v) is 7.63. The molecule has 0 aliphatic heterocycles. The Balaban J connectivity index is -0.0000000133. The van der Waals surface area contributed by atoms with E-state index in [0.717, 1.165) is 0 Å². The van der Waals surface area contributed by atoms with Crippen LogP contribution in [-0.2, 0) is 23.5 Å². The van der Waals surface area contributed by atoms with E-state index in [1.165, 1.54) is 0 Å². The van der Waals surface area contributed by atoms with E-state index in [4.69, 9.17) is 14.3 Å². The molecule has 0 heterocycles. The molecule has 0 aromatic heterocycles. The molecule has 9 heavy (non-hydrogen) atoms. The molecule has 64 valence electrons. The van der Waals surface area contributed by atoms with Crippen molar-refractivity contribution in [2.45, 2.75) is 0 Å². The number of rotatable bonds is 0. The Morgan fingerprint density at radius 1 is 0.889 bits per heavy atom. The third kappa shape index (κ3) is 126000. The second-order valence-corrected chi connectivity index (χ2v) is 2.42. The normalized spacial score (nSPS) is 6.44. The monoisotopic (exact) mass is 232 g/mol. The van der Waals surface area contributed by atoms with Crippen LogP contribution in [0, 0.1) is 0 Å². The third-order valence-corrected chi connectivity index (χ3v) is 0. The molecular weight excluding hydrogens is 216 g/mol. The van der Waals surface area contributed by atoms with Crippen LogP contribution in [0.3, 0.4) is 0 Å². The summed E-state index contributed by atoms with van der Waals surface area (Å²) in [6.07, 6.45) is 0. The summed E-state index contributed by atoms with van der Waals surface area (Å²) >= 11 is -6.02. The summed E-state index contributed by atoms with van der Waals surface area (Å²) in [5.74, 6) is 0. The van der Waals surface area contributed by atoms with Crippen molar-refractivity contribution in [2.75, 3.05) is 0 Å². The van der Waals surface area contributed by atoms with Gasteiger partial charge in [-0.15, -0.1) is 0 Å². The summed E-state index contributed by atoms with van der Waals surface area (Å²) in [5, 5.41) is 0. The predicted molar refractivity (Wildman–Crippen MR) is 24.6 cm³/mol. The SMILES string of the molecule is [NH2-].[NH4+].[NH4+].[NH4+].[O]=[Mo](=[O])([O-])[O-]. The van der Waals surface area contributed by atoms with Crippen LogP contribution in [0.25, 0.3) is 6.15 Å².